The van der Waals surface area contributed by atoms with Gasteiger partial charge in [0.05, 0.1) is 30.3 Å². The molecule has 0 radical (unpaired) electrons. The first-order valence-corrected chi connectivity index (χ1v) is 18.0. The van der Waals surface area contributed by atoms with Crippen LogP contribution in [0.3, 0.4) is 0 Å². The molecule has 1 unspecified atom stereocenters. The minimum Gasteiger partial charge on any atom is -0.461 e. The molecule has 14 nitrogen and oxygen atoms in total. The summed E-state index contributed by atoms with van der Waals surface area (Å²) in [5.41, 5.74) is -1.43. The zero-order chi connectivity index (χ0) is 35.8. The highest BCUT2D eigenvalue weighted by molar-refractivity contribution is 7.54. The molecule has 0 bridgehead atoms. The molecular formula is C35H40N3O11P. The molecule has 15 heteroatoms. The Morgan fingerprint density at radius 3 is 2.50 bits per heavy atom. The van der Waals surface area contributed by atoms with Gasteiger partial charge in [-0.05, 0) is 63.4 Å². The van der Waals surface area contributed by atoms with Crippen LogP contribution >= 0.6 is 7.60 Å². The first kappa shape index (κ1) is 35.3. The Morgan fingerprint density at radius 2 is 1.82 bits per heavy atom. The molecule has 2 fully saturated rings. The molecule has 2 N–H and O–H groups in total. The van der Waals surface area contributed by atoms with Gasteiger partial charge in [-0.15, -0.1) is 0 Å². The zero-order valence-corrected chi connectivity index (χ0v) is 29.0. The summed E-state index contributed by atoms with van der Waals surface area (Å²) >= 11 is 0. The van der Waals surface area contributed by atoms with Crippen LogP contribution in [0.5, 0.6) is 5.75 Å². The lowest BCUT2D eigenvalue weighted by Crippen LogP contribution is -2.35. The summed E-state index contributed by atoms with van der Waals surface area (Å²) in [6.07, 6.45) is 0.0631. The maximum atomic E-state index is 14.5. The molecule has 2 aromatic carbocycles. The third-order valence-corrected chi connectivity index (χ3v) is 10.7. The summed E-state index contributed by atoms with van der Waals surface area (Å²) in [4.78, 5) is 52.2. The van der Waals surface area contributed by atoms with E-state index in [-0.39, 0.29) is 18.5 Å². The van der Waals surface area contributed by atoms with Crippen molar-refractivity contribution in [3.63, 3.8) is 0 Å². The number of esters is 1. The van der Waals surface area contributed by atoms with Crippen molar-refractivity contribution in [1.82, 2.24) is 14.1 Å². The number of benzene rings is 2. The molecule has 4 aromatic rings. The highest BCUT2D eigenvalue weighted by Gasteiger charge is 2.64. The largest absolute Gasteiger partial charge is 0.461 e. The van der Waals surface area contributed by atoms with E-state index in [1.54, 1.807) is 52.1 Å². The van der Waals surface area contributed by atoms with E-state index in [1.165, 1.54) is 27.5 Å². The Labute approximate surface area is 287 Å². The lowest BCUT2D eigenvalue weighted by molar-refractivity contribution is -0.148. The smallest absolute Gasteiger partial charge is 0.418 e. The highest BCUT2D eigenvalue weighted by atomic mass is 31.2. The number of hydrogen-bond donors (Lipinski definition) is 2. The summed E-state index contributed by atoms with van der Waals surface area (Å²) in [5.74, 6) is -1.38. The number of aromatic nitrogens is 3. The Kier molecular flexibility index (Phi) is 9.66. The van der Waals surface area contributed by atoms with Gasteiger partial charge in [-0.3, -0.25) is 28.2 Å². The predicted octanol–water partition coefficient (Wildman–Crippen LogP) is 4.98. The molecule has 1 aliphatic carbocycles. The van der Waals surface area contributed by atoms with Crippen LogP contribution in [0.4, 0.5) is 4.79 Å². The summed E-state index contributed by atoms with van der Waals surface area (Å²) in [7, 11) is -4.18. The van der Waals surface area contributed by atoms with Crippen LogP contribution in [0.1, 0.15) is 52.3 Å². The molecule has 2 aromatic heterocycles. The van der Waals surface area contributed by atoms with Crippen LogP contribution in [-0.2, 0) is 34.7 Å². The molecule has 6 rings (SSSR count). The Morgan fingerprint density at radius 1 is 1.08 bits per heavy atom. The normalized spacial score (nSPS) is 21.4. The molecule has 2 aliphatic rings. The lowest BCUT2D eigenvalue weighted by atomic mass is 9.96. The third-order valence-electron chi connectivity index (χ3n) is 8.72. The van der Waals surface area contributed by atoms with Crippen molar-refractivity contribution in [2.75, 3.05) is 12.8 Å². The van der Waals surface area contributed by atoms with Gasteiger partial charge in [0.15, 0.2) is 0 Å². The number of hydrogen-bond acceptors (Lipinski definition) is 11. The second-order valence-corrected chi connectivity index (χ2v) is 15.8. The van der Waals surface area contributed by atoms with Gasteiger partial charge in [-0.1, -0.05) is 37.3 Å². The van der Waals surface area contributed by atoms with E-state index < -0.39 is 72.9 Å². The monoisotopic (exact) mass is 709 g/mol. The van der Waals surface area contributed by atoms with Crippen LogP contribution in [0.15, 0.2) is 82.6 Å². The minimum absolute atomic E-state index is 0.0248. The second kappa shape index (κ2) is 13.7. The van der Waals surface area contributed by atoms with Gasteiger partial charge in [-0.25, -0.2) is 14.2 Å². The molecule has 1 saturated carbocycles. The first-order valence-electron chi connectivity index (χ1n) is 16.3. The summed E-state index contributed by atoms with van der Waals surface area (Å²) in [5, 5.41) is 11.9. The van der Waals surface area contributed by atoms with Crippen molar-refractivity contribution < 1.29 is 42.5 Å². The topological polar surface area (TPSA) is 177 Å². The average molecular weight is 710 g/mol. The van der Waals surface area contributed by atoms with E-state index in [2.05, 4.69) is 4.98 Å². The van der Waals surface area contributed by atoms with Gasteiger partial charge in [-0.2, -0.15) is 0 Å². The van der Waals surface area contributed by atoms with Crippen LogP contribution in [-0.4, -0.2) is 61.9 Å². The van der Waals surface area contributed by atoms with E-state index in [1.807, 2.05) is 30.3 Å². The lowest BCUT2D eigenvalue weighted by Gasteiger charge is -2.24. The predicted molar refractivity (Wildman–Crippen MR) is 181 cm³/mol. The van der Waals surface area contributed by atoms with Crippen molar-refractivity contribution in [2.24, 2.45) is 11.3 Å². The maximum Gasteiger partial charge on any atom is 0.418 e. The number of carbonyl (C=O) groups excluding carboxylic acids is 2. The number of ether oxygens (including phenoxy) is 3. The number of aliphatic hydroxyl groups excluding tert-OH is 1. The minimum atomic E-state index is -4.18. The van der Waals surface area contributed by atoms with Crippen molar-refractivity contribution in [3.05, 3.63) is 99.5 Å². The zero-order valence-electron chi connectivity index (χ0n) is 28.1. The van der Waals surface area contributed by atoms with Crippen LogP contribution in [0.2, 0.25) is 0 Å². The van der Waals surface area contributed by atoms with E-state index in [9.17, 15) is 28.8 Å². The van der Waals surface area contributed by atoms with Gasteiger partial charge in [0.2, 0.25) is 0 Å². The second-order valence-electron chi connectivity index (χ2n) is 13.8. The fourth-order valence-electron chi connectivity index (χ4n) is 6.06. The van der Waals surface area contributed by atoms with Crippen molar-refractivity contribution in [3.8, 4) is 5.75 Å². The summed E-state index contributed by atoms with van der Waals surface area (Å²) in [6, 6.07) is 16.7. The van der Waals surface area contributed by atoms with Crippen LogP contribution in [0, 0.1) is 11.3 Å². The number of nitrogens with one attached hydrogen (secondary N) is 1. The van der Waals surface area contributed by atoms with Gasteiger partial charge >= 0.3 is 25.3 Å². The molecule has 50 heavy (non-hydrogen) atoms. The number of aliphatic hydroxyl groups is 1. The first-order chi connectivity index (χ1) is 23.7. The fraction of sp³-hybridized carbons (Fsp3) is 0.429. The molecule has 1 saturated heterocycles. The summed E-state index contributed by atoms with van der Waals surface area (Å²) < 4.78 is 46.1. The number of rotatable bonds is 11. The Hall–Kier alpha value is -4.49. The average Bonchev–Trinajstić information content (AvgIpc) is 3.68. The van der Waals surface area contributed by atoms with Crippen LogP contribution in [0.25, 0.3) is 10.9 Å². The number of aromatic amines is 1. The molecule has 1 spiro atoms. The SMILES string of the molecule is C[C@H](CP(=O)(OC[C@H]1O[C@@H](n2ccc(=O)[nH]c2=O)C2(CC2)[C@@H]1O)Oc1ccc2c(ccn2C(=O)OC(C)(C)C)c1)C(=O)OCc1ccccc1. The summed E-state index contributed by atoms with van der Waals surface area (Å²) in [6.45, 7) is 6.48. The number of nitrogens with zero attached hydrogens (tertiary/aromatic N) is 2. The van der Waals surface area contributed by atoms with Gasteiger partial charge in [0.1, 0.15) is 30.3 Å². The molecule has 0 amide bonds. The molecule has 3 heterocycles. The van der Waals surface area contributed by atoms with Gasteiger partial charge < -0.3 is 23.8 Å². The Balaban J connectivity index is 1.22. The van der Waals surface area contributed by atoms with Crippen molar-refractivity contribution in [2.45, 2.75) is 71.2 Å². The fourth-order valence-corrected chi connectivity index (χ4v) is 7.92. The van der Waals surface area contributed by atoms with Gasteiger partial charge in [0, 0.05) is 29.3 Å². The molecule has 266 valence electrons. The molecular weight excluding hydrogens is 669 g/mol. The van der Waals surface area contributed by atoms with E-state index in [4.69, 9.17) is 23.3 Å². The van der Waals surface area contributed by atoms with Crippen molar-refractivity contribution in [1.29, 1.82) is 0 Å². The van der Waals surface area contributed by atoms with Crippen LogP contribution < -0.4 is 15.8 Å². The molecule has 5 atom stereocenters. The van der Waals surface area contributed by atoms with Crippen molar-refractivity contribution >= 4 is 30.6 Å². The van der Waals surface area contributed by atoms with E-state index in [0.717, 1.165) is 5.56 Å². The Bertz CT molecular complexity index is 2040. The molecule has 1 aliphatic heterocycles. The quantitative estimate of drug-likeness (QED) is 0.159. The van der Waals surface area contributed by atoms with E-state index >= 15 is 0 Å². The third kappa shape index (κ3) is 7.63. The number of H-pyrrole nitrogens is 1. The standard InChI is InChI=1S/C35H40N3O11P/c1-22(30(41)45-19-23-8-6-5-7-9-23)21-50(44,49-25-10-11-26-24(18-25)12-16-37(26)33(43)48-34(2,3)4)46-20-27-29(40)35(14-15-35)31(47-27)38-17-13-28(39)36-32(38)42/h5-13,16-18,22,27,29,31,40H,14-15,19-21H2,1-4H3,(H,36,39,42)/t22-,27-,29-,31-,50?/m1/s1. The number of carbonyl (C=O) groups is 2. The van der Waals surface area contributed by atoms with Gasteiger partial charge in [0.25, 0.3) is 5.56 Å². The number of fused-ring (bicyclic) bond motifs is 1. The van der Waals surface area contributed by atoms with E-state index in [0.29, 0.717) is 23.7 Å². The highest BCUT2D eigenvalue weighted by Crippen LogP contribution is 2.62. The maximum absolute atomic E-state index is 14.5.